The van der Waals surface area contributed by atoms with Gasteiger partial charge in [-0.15, -0.1) is 0 Å². The van der Waals surface area contributed by atoms with Crippen LogP contribution in [0, 0.1) is 12.8 Å². The van der Waals surface area contributed by atoms with E-state index in [0.29, 0.717) is 5.92 Å². The Balaban J connectivity index is 2.22. The lowest BCUT2D eigenvalue weighted by molar-refractivity contribution is -0.142. The molecule has 24 heavy (non-hydrogen) atoms. The second kappa shape index (κ2) is 7.07. The van der Waals surface area contributed by atoms with Gasteiger partial charge in [0.1, 0.15) is 5.58 Å². The number of carbonyl (C=O) groups excluding carboxylic acids is 1. The van der Waals surface area contributed by atoms with Crippen molar-refractivity contribution < 1.29 is 19.1 Å². The van der Waals surface area contributed by atoms with Crippen LogP contribution in [0.15, 0.2) is 22.8 Å². The summed E-state index contributed by atoms with van der Waals surface area (Å²) in [7, 11) is 1.63. The first kappa shape index (κ1) is 18.0. The molecule has 0 aliphatic rings. The maximum Gasteiger partial charge on any atom is 0.308 e. The molecular weight excluding hydrogens is 306 g/mol. The highest BCUT2D eigenvalue weighted by molar-refractivity contribution is 5.88. The molecule has 5 nitrogen and oxygen atoms in total. The summed E-state index contributed by atoms with van der Waals surface area (Å²) in [4.78, 5) is 24.8. The summed E-state index contributed by atoms with van der Waals surface area (Å²) in [6.45, 7) is 8.13. The fraction of sp³-hybridized carbons (Fsp3) is 0.474. The zero-order valence-corrected chi connectivity index (χ0v) is 14.9. The second-order valence-electron chi connectivity index (χ2n) is 6.81. The minimum Gasteiger partial charge on any atom is -0.481 e. The Bertz CT molecular complexity index is 760. The Morgan fingerprint density at radius 2 is 1.92 bits per heavy atom. The van der Waals surface area contributed by atoms with Crippen molar-refractivity contribution in [2.45, 2.75) is 40.0 Å². The zero-order chi connectivity index (χ0) is 18.0. The first-order chi connectivity index (χ1) is 11.2. The molecule has 1 unspecified atom stereocenters. The van der Waals surface area contributed by atoms with Crippen molar-refractivity contribution in [1.82, 2.24) is 4.90 Å². The normalized spacial score (nSPS) is 12.6. The van der Waals surface area contributed by atoms with E-state index in [0.717, 1.165) is 16.5 Å². The molecule has 1 aromatic heterocycles. The van der Waals surface area contributed by atoms with Crippen molar-refractivity contribution in [2.75, 3.05) is 13.6 Å². The van der Waals surface area contributed by atoms with Gasteiger partial charge in [0.25, 0.3) is 0 Å². The van der Waals surface area contributed by atoms with Crippen LogP contribution < -0.4 is 0 Å². The van der Waals surface area contributed by atoms with E-state index in [9.17, 15) is 9.59 Å². The van der Waals surface area contributed by atoms with Gasteiger partial charge in [0.2, 0.25) is 5.91 Å². The second-order valence-corrected chi connectivity index (χ2v) is 6.81. The van der Waals surface area contributed by atoms with Crippen molar-refractivity contribution in [3.8, 4) is 0 Å². The van der Waals surface area contributed by atoms with E-state index in [4.69, 9.17) is 9.52 Å². The lowest BCUT2D eigenvalue weighted by Crippen LogP contribution is -2.34. The van der Waals surface area contributed by atoms with Gasteiger partial charge < -0.3 is 14.4 Å². The van der Waals surface area contributed by atoms with Crippen LogP contribution in [0.3, 0.4) is 0 Å². The SMILES string of the molecule is Cc1cc2occ(CC(=O)N(C)CC(C)C(=O)O)c2cc1C(C)C. The molecule has 0 aliphatic carbocycles. The smallest absolute Gasteiger partial charge is 0.308 e. The Morgan fingerprint density at radius 3 is 2.50 bits per heavy atom. The summed E-state index contributed by atoms with van der Waals surface area (Å²) < 4.78 is 5.60. The summed E-state index contributed by atoms with van der Waals surface area (Å²) in [6.07, 6.45) is 1.83. The molecular formula is C19H25NO4. The molecule has 0 saturated heterocycles. The summed E-state index contributed by atoms with van der Waals surface area (Å²) >= 11 is 0. The number of hydrogen-bond donors (Lipinski definition) is 1. The summed E-state index contributed by atoms with van der Waals surface area (Å²) in [5.41, 5.74) is 4.04. The highest BCUT2D eigenvalue weighted by Gasteiger charge is 2.19. The number of aryl methyl sites for hydroxylation is 1. The number of amides is 1. The van der Waals surface area contributed by atoms with Crippen LogP contribution >= 0.6 is 0 Å². The third kappa shape index (κ3) is 3.78. The summed E-state index contributed by atoms with van der Waals surface area (Å²) in [6, 6.07) is 4.11. The number of likely N-dealkylation sites (N-methyl/N-ethyl adjacent to an activating group) is 1. The summed E-state index contributed by atoms with van der Waals surface area (Å²) in [5.74, 6) is -1.21. The van der Waals surface area contributed by atoms with Crippen molar-refractivity contribution in [1.29, 1.82) is 0 Å². The molecule has 2 aromatic rings. The van der Waals surface area contributed by atoms with Crippen LogP contribution in [-0.2, 0) is 16.0 Å². The Kier molecular flexibility index (Phi) is 5.32. The lowest BCUT2D eigenvalue weighted by Gasteiger charge is -2.19. The Morgan fingerprint density at radius 1 is 1.25 bits per heavy atom. The molecule has 1 heterocycles. The van der Waals surface area contributed by atoms with Crippen molar-refractivity contribution in [3.63, 3.8) is 0 Å². The molecule has 5 heteroatoms. The van der Waals surface area contributed by atoms with E-state index in [1.807, 2.05) is 6.07 Å². The van der Waals surface area contributed by atoms with E-state index in [1.165, 1.54) is 16.0 Å². The van der Waals surface area contributed by atoms with Crippen molar-refractivity contribution in [2.24, 2.45) is 5.92 Å². The highest BCUT2D eigenvalue weighted by atomic mass is 16.4. The minimum atomic E-state index is -0.902. The third-order valence-electron chi connectivity index (χ3n) is 4.40. The van der Waals surface area contributed by atoms with Gasteiger partial charge in [0.15, 0.2) is 0 Å². The third-order valence-corrected chi connectivity index (χ3v) is 4.40. The van der Waals surface area contributed by atoms with Crippen LogP contribution in [0.2, 0.25) is 0 Å². The van der Waals surface area contributed by atoms with Crippen LogP contribution in [0.4, 0.5) is 0 Å². The highest BCUT2D eigenvalue weighted by Crippen LogP contribution is 2.29. The lowest BCUT2D eigenvalue weighted by atomic mass is 9.95. The molecule has 1 aromatic carbocycles. The number of fused-ring (bicyclic) bond motifs is 1. The predicted molar refractivity (Wildman–Crippen MR) is 93.2 cm³/mol. The molecule has 0 aliphatic heterocycles. The molecule has 2 rings (SSSR count). The zero-order valence-electron chi connectivity index (χ0n) is 14.9. The number of aliphatic carboxylic acids is 1. The van der Waals surface area contributed by atoms with Gasteiger partial charge in [0, 0.05) is 24.5 Å². The van der Waals surface area contributed by atoms with Crippen molar-refractivity contribution >= 4 is 22.8 Å². The minimum absolute atomic E-state index is 0.113. The predicted octanol–water partition coefficient (Wildman–Crippen LogP) is 3.59. The van der Waals surface area contributed by atoms with E-state index in [1.54, 1.807) is 20.2 Å². The Hall–Kier alpha value is -2.30. The van der Waals surface area contributed by atoms with E-state index in [-0.39, 0.29) is 18.9 Å². The Labute approximate surface area is 142 Å². The molecule has 0 spiro atoms. The molecule has 1 atom stereocenters. The van der Waals surface area contributed by atoms with Gasteiger partial charge in [0.05, 0.1) is 18.6 Å². The molecule has 130 valence electrons. The van der Waals surface area contributed by atoms with Gasteiger partial charge in [-0.2, -0.15) is 0 Å². The number of rotatable bonds is 6. The van der Waals surface area contributed by atoms with Gasteiger partial charge in [-0.05, 0) is 36.1 Å². The number of carbonyl (C=O) groups is 2. The first-order valence-corrected chi connectivity index (χ1v) is 8.18. The average Bonchev–Trinajstić information content (AvgIpc) is 2.87. The maximum atomic E-state index is 12.4. The topological polar surface area (TPSA) is 70.8 Å². The number of nitrogens with zero attached hydrogens (tertiary/aromatic N) is 1. The van der Waals surface area contributed by atoms with E-state index < -0.39 is 11.9 Å². The molecule has 0 radical (unpaired) electrons. The largest absolute Gasteiger partial charge is 0.481 e. The first-order valence-electron chi connectivity index (χ1n) is 8.18. The van der Waals surface area contributed by atoms with E-state index in [2.05, 4.69) is 26.8 Å². The van der Waals surface area contributed by atoms with Gasteiger partial charge in [-0.25, -0.2) is 0 Å². The van der Waals surface area contributed by atoms with Crippen LogP contribution in [0.5, 0.6) is 0 Å². The molecule has 0 saturated carbocycles. The van der Waals surface area contributed by atoms with E-state index >= 15 is 0 Å². The molecule has 1 amide bonds. The monoisotopic (exact) mass is 331 g/mol. The van der Waals surface area contributed by atoms with Crippen LogP contribution in [-0.4, -0.2) is 35.5 Å². The van der Waals surface area contributed by atoms with Crippen molar-refractivity contribution in [3.05, 3.63) is 35.1 Å². The van der Waals surface area contributed by atoms with Gasteiger partial charge in [-0.3, -0.25) is 9.59 Å². The number of carboxylic acid groups (broad SMARTS) is 1. The van der Waals surface area contributed by atoms with Gasteiger partial charge in [-0.1, -0.05) is 20.8 Å². The number of hydrogen-bond acceptors (Lipinski definition) is 3. The van der Waals surface area contributed by atoms with Crippen LogP contribution in [0.1, 0.15) is 43.4 Å². The molecule has 0 bridgehead atoms. The molecule has 0 fully saturated rings. The maximum absolute atomic E-state index is 12.4. The molecule has 1 N–H and O–H groups in total. The number of carboxylic acids is 1. The fourth-order valence-corrected chi connectivity index (χ4v) is 2.89. The number of benzene rings is 1. The summed E-state index contributed by atoms with van der Waals surface area (Å²) in [5, 5.41) is 9.92. The fourth-order valence-electron chi connectivity index (χ4n) is 2.89. The van der Waals surface area contributed by atoms with Gasteiger partial charge >= 0.3 is 5.97 Å². The average molecular weight is 331 g/mol. The quantitative estimate of drug-likeness (QED) is 0.878. The standard InChI is InChI=1S/C19H25NO4/c1-11(2)15-8-16-14(10-24-17(16)6-12(15)3)7-18(21)20(5)9-13(4)19(22)23/h6,8,10-11,13H,7,9H2,1-5H3,(H,22,23). The number of furan rings is 1. The van der Waals surface area contributed by atoms with Crippen LogP contribution in [0.25, 0.3) is 11.0 Å².